The minimum Gasteiger partial charge on any atom is -0.452 e. The average molecular weight is 444 g/mol. The fourth-order valence-electron chi connectivity index (χ4n) is 4.05. The molecule has 1 saturated carbocycles. The highest BCUT2D eigenvalue weighted by Gasteiger charge is 2.35. The molecule has 1 aromatic rings. The summed E-state index contributed by atoms with van der Waals surface area (Å²) in [6, 6.07) is 3.50. The minimum absolute atomic E-state index is 0.0163. The molecule has 2 aliphatic rings. The number of nitrogens with one attached hydrogen (secondary N) is 2. The molecule has 9 heteroatoms. The second kappa shape index (κ2) is 10.4. The lowest BCUT2D eigenvalue weighted by Gasteiger charge is -2.29. The molecule has 2 N–H and O–H groups in total. The van der Waals surface area contributed by atoms with E-state index in [9.17, 15) is 24.0 Å². The smallest absolute Gasteiger partial charge is 0.338 e. The summed E-state index contributed by atoms with van der Waals surface area (Å²) in [5, 5.41) is 4.95. The third kappa shape index (κ3) is 5.33. The molecule has 1 heterocycles. The number of unbranched alkanes of at least 4 members (excludes halogenated alkanes) is 1. The number of ether oxygens (including phenoxy) is 1. The zero-order valence-electron chi connectivity index (χ0n) is 18.4. The van der Waals surface area contributed by atoms with Crippen molar-refractivity contribution >= 4 is 29.7 Å². The van der Waals surface area contributed by atoms with Crippen LogP contribution >= 0.6 is 0 Å². The molecule has 0 radical (unpaired) electrons. The fraction of sp³-hybridized carbons (Fsp3) is 0.522. The summed E-state index contributed by atoms with van der Waals surface area (Å²) in [7, 11) is 0. The first-order valence-electron chi connectivity index (χ1n) is 11.1. The molecule has 172 valence electrons. The molecule has 9 nitrogen and oxygen atoms in total. The van der Waals surface area contributed by atoms with Crippen LogP contribution in [0.5, 0.6) is 0 Å². The van der Waals surface area contributed by atoms with E-state index in [0.717, 1.165) is 32.1 Å². The molecule has 1 aliphatic heterocycles. The Labute approximate surface area is 186 Å². The molecule has 32 heavy (non-hydrogen) atoms. The second-order valence-electron chi connectivity index (χ2n) is 8.34. The van der Waals surface area contributed by atoms with Crippen LogP contribution in [0.15, 0.2) is 18.2 Å². The van der Waals surface area contributed by atoms with E-state index in [0.29, 0.717) is 18.9 Å². The summed E-state index contributed by atoms with van der Waals surface area (Å²) in [5.74, 6) is -2.06. The monoisotopic (exact) mass is 443 g/mol. The van der Waals surface area contributed by atoms with Crippen molar-refractivity contribution in [3.05, 3.63) is 34.9 Å². The van der Waals surface area contributed by atoms with Crippen LogP contribution in [0, 0.1) is 5.92 Å². The largest absolute Gasteiger partial charge is 0.452 e. The van der Waals surface area contributed by atoms with E-state index < -0.39 is 30.4 Å². The Kier molecular flexibility index (Phi) is 7.61. The van der Waals surface area contributed by atoms with Crippen molar-refractivity contribution in [2.24, 2.45) is 5.92 Å². The van der Waals surface area contributed by atoms with Gasteiger partial charge < -0.3 is 10.1 Å². The molecule has 0 bridgehead atoms. The van der Waals surface area contributed by atoms with Crippen molar-refractivity contribution < 1.29 is 28.7 Å². The quantitative estimate of drug-likeness (QED) is 0.494. The highest BCUT2D eigenvalue weighted by molar-refractivity contribution is 6.22. The number of rotatable bonds is 7. The van der Waals surface area contributed by atoms with Gasteiger partial charge in [0.1, 0.15) is 0 Å². The molecule has 0 aromatic heterocycles. The van der Waals surface area contributed by atoms with Gasteiger partial charge in [0.15, 0.2) is 6.61 Å². The Hall–Kier alpha value is -3.23. The van der Waals surface area contributed by atoms with E-state index >= 15 is 0 Å². The van der Waals surface area contributed by atoms with E-state index in [4.69, 9.17) is 4.74 Å². The van der Waals surface area contributed by atoms with Crippen molar-refractivity contribution in [1.82, 2.24) is 15.5 Å². The molecule has 0 saturated heterocycles. The van der Waals surface area contributed by atoms with Crippen LogP contribution < -0.4 is 10.6 Å². The normalized spacial score (nSPS) is 20.0. The van der Waals surface area contributed by atoms with Crippen LogP contribution in [0.4, 0.5) is 4.79 Å². The number of urea groups is 1. The Balaban J connectivity index is 1.52. The highest BCUT2D eigenvalue weighted by Crippen LogP contribution is 2.25. The number of amides is 5. The lowest BCUT2D eigenvalue weighted by Crippen LogP contribution is -2.48. The molecule has 1 aliphatic carbocycles. The van der Waals surface area contributed by atoms with Gasteiger partial charge in [-0.05, 0) is 43.4 Å². The van der Waals surface area contributed by atoms with Crippen LogP contribution in [0.2, 0.25) is 0 Å². The molecule has 2 unspecified atom stereocenters. The first kappa shape index (κ1) is 23.4. The number of fused-ring (bicyclic) bond motifs is 1. The number of hydrogen-bond acceptors (Lipinski definition) is 6. The number of benzene rings is 1. The number of carbonyl (C=O) groups is 5. The summed E-state index contributed by atoms with van der Waals surface area (Å²) in [6.45, 7) is 3.71. The molecular formula is C23H29N3O6. The van der Waals surface area contributed by atoms with Crippen LogP contribution in [0.25, 0.3) is 0 Å². The van der Waals surface area contributed by atoms with Gasteiger partial charge in [-0.1, -0.05) is 33.1 Å². The summed E-state index contributed by atoms with van der Waals surface area (Å²) in [6.07, 6.45) is 5.60. The first-order valence-corrected chi connectivity index (χ1v) is 11.1. The first-order chi connectivity index (χ1) is 15.3. The molecular weight excluding hydrogens is 414 g/mol. The average Bonchev–Trinajstić information content (AvgIpc) is 3.01. The van der Waals surface area contributed by atoms with Gasteiger partial charge >= 0.3 is 12.0 Å². The molecule has 1 fully saturated rings. The highest BCUT2D eigenvalue weighted by atomic mass is 16.5. The van der Waals surface area contributed by atoms with Gasteiger partial charge in [0.05, 0.1) is 16.7 Å². The van der Waals surface area contributed by atoms with Gasteiger partial charge in [-0.15, -0.1) is 0 Å². The van der Waals surface area contributed by atoms with Crippen molar-refractivity contribution in [3.8, 4) is 0 Å². The van der Waals surface area contributed by atoms with Gasteiger partial charge in [-0.25, -0.2) is 9.59 Å². The Morgan fingerprint density at radius 3 is 2.53 bits per heavy atom. The van der Waals surface area contributed by atoms with E-state index in [-0.39, 0.29) is 28.6 Å². The fourth-order valence-corrected chi connectivity index (χ4v) is 4.05. The number of nitrogens with zero attached hydrogens (tertiary/aromatic N) is 1. The van der Waals surface area contributed by atoms with Gasteiger partial charge in [0.25, 0.3) is 17.7 Å². The van der Waals surface area contributed by atoms with Crippen molar-refractivity contribution in [2.75, 3.05) is 13.2 Å². The number of carbonyl (C=O) groups excluding carboxylic acids is 5. The zero-order chi connectivity index (χ0) is 23.3. The Bertz CT molecular complexity index is 928. The Morgan fingerprint density at radius 1 is 1.09 bits per heavy atom. The van der Waals surface area contributed by atoms with Gasteiger partial charge in [0, 0.05) is 12.6 Å². The van der Waals surface area contributed by atoms with Crippen LogP contribution in [-0.2, 0) is 9.53 Å². The molecule has 3 rings (SSSR count). The lowest BCUT2D eigenvalue weighted by atomic mass is 9.86. The maximum Gasteiger partial charge on any atom is 0.338 e. The third-order valence-corrected chi connectivity index (χ3v) is 5.96. The standard InChI is InChI=1S/C23H29N3O6/c1-3-4-11-26-20(28)16-10-9-15(12-17(16)21(26)29)22(30)32-13-19(27)25-23(31)24-18-8-6-5-7-14(18)2/h9-10,12,14,18H,3-8,11,13H2,1-2H3,(H2,24,25,27,31). The summed E-state index contributed by atoms with van der Waals surface area (Å²) < 4.78 is 4.97. The molecule has 5 amide bonds. The van der Waals surface area contributed by atoms with E-state index in [1.54, 1.807) is 0 Å². The maximum atomic E-state index is 12.5. The summed E-state index contributed by atoms with van der Waals surface area (Å²) in [5.41, 5.74) is 0.440. The van der Waals surface area contributed by atoms with Crippen molar-refractivity contribution in [1.29, 1.82) is 0 Å². The summed E-state index contributed by atoms with van der Waals surface area (Å²) >= 11 is 0. The number of hydrogen-bond donors (Lipinski definition) is 2. The maximum absolute atomic E-state index is 12.5. The Morgan fingerprint density at radius 2 is 1.81 bits per heavy atom. The summed E-state index contributed by atoms with van der Waals surface area (Å²) in [4.78, 5) is 62.4. The van der Waals surface area contributed by atoms with Gasteiger partial charge in [-0.2, -0.15) is 0 Å². The predicted molar refractivity (Wildman–Crippen MR) is 115 cm³/mol. The number of esters is 1. The SMILES string of the molecule is CCCCN1C(=O)c2ccc(C(=O)OCC(=O)NC(=O)NC3CCCCC3C)cc2C1=O. The van der Waals surface area contributed by atoms with Gasteiger partial charge in [0.2, 0.25) is 0 Å². The third-order valence-electron chi connectivity index (χ3n) is 5.96. The van der Waals surface area contributed by atoms with E-state index in [1.807, 2.05) is 6.92 Å². The minimum atomic E-state index is -0.823. The molecule has 0 spiro atoms. The van der Waals surface area contributed by atoms with Crippen LogP contribution in [0.3, 0.4) is 0 Å². The van der Waals surface area contributed by atoms with E-state index in [2.05, 4.69) is 17.6 Å². The predicted octanol–water partition coefficient (Wildman–Crippen LogP) is 2.64. The zero-order valence-corrected chi connectivity index (χ0v) is 18.4. The van der Waals surface area contributed by atoms with Crippen molar-refractivity contribution in [2.45, 2.75) is 58.4 Å². The molecule has 1 aromatic carbocycles. The van der Waals surface area contributed by atoms with Crippen LogP contribution in [-0.4, -0.2) is 53.8 Å². The van der Waals surface area contributed by atoms with Crippen LogP contribution in [0.1, 0.15) is 83.4 Å². The number of imide groups is 2. The van der Waals surface area contributed by atoms with E-state index in [1.165, 1.54) is 23.1 Å². The lowest BCUT2D eigenvalue weighted by molar-refractivity contribution is -0.123. The van der Waals surface area contributed by atoms with Crippen molar-refractivity contribution in [3.63, 3.8) is 0 Å². The van der Waals surface area contributed by atoms with Gasteiger partial charge in [-0.3, -0.25) is 24.6 Å². The topological polar surface area (TPSA) is 122 Å². The second-order valence-corrected chi connectivity index (χ2v) is 8.34. The molecule has 2 atom stereocenters.